The van der Waals surface area contributed by atoms with Gasteiger partial charge in [-0.15, -0.1) is 0 Å². The lowest BCUT2D eigenvalue weighted by molar-refractivity contribution is 0.0506. The summed E-state index contributed by atoms with van der Waals surface area (Å²) < 4.78 is 0. The van der Waals surface area contributed by atoms with E-state index < -0.39 is 0 Å². The van der Waals surface area contributed by atoms with Gasteiger partial charge in [-0.1, -0.05) is 41.0 Å². The Bertz CT molecular complexity index is 227. The van der Waals surface area contributed by atoms with E-state index in [1.54, 1.807) is 0 Å². The molecule has 0 aromatic carbocycles. The zero-order valence-electron chi connectivity index (χ0n) is 13.4. The summed E-state index contributed by atoms with van der Waals surface area (Å²) in [5.41, 5.74) is 0. The first kappa shape index (κ1) is 16.0. The molecule has 2 heteroatoms. The molecule has 2 nitrogen and oxygen atoms in total. The van der Waals surface area contributed by atoms with Crippen LogP contribution in [0.1, 0.15) is 60.8 Å². The Labute approximate surface area is 115 Å². The number of hydrogen-bond acceptors (Lipinski definition) is 2. The van der Waals surface area contributed by atoms with Gasteiger partial charge in [0.15, 0.2) is 0 Å². The molecule has 1 N–H and O–H groups in total. The molecule has 1 rings (SSSR count). The molecule has 4 atom stereocenters. The van der Waals surface area contributed by atoms with Crippen LogP contribution in [0.25, 0.3) is 0 Å². The van der Waals surface area contributed by atoms with Crippen LogP contribution < -0.4 is 5.32 Å². The SMILES string of the molecule is CCC(C)C1CNC(CC(C)C)CN1C(C)CC. The Hall–Kier alpha value is -0.0800. The smallest absolute Gasteiger partial charge is 0.0249 e. The average Bonchev–Trinajstić information content (AvgIpc) is 2.36. The second-order valence-electron chi connectivity index (χ2n) is 6.64. The van der Waals surface area contributed by atoms with Crippen LogP contribution in [0.3, 0.4) is 0 Å². The molecule has 0 aliphatic carbocycles. The number of nitrogens with one attached hydrogen (secondary N) is 1. The fraction of sp³-hybridized carbons (Fsp3) is 1.00. The first-order valence-corrected chi connectivity index (χ1v) is 7.98. The number of rotatable bonds is 6. The third-order valence-corrected chi connectivity index (χ3v) is 4.69. The quantitative estimate of drug-likeness (QED) is 0.780. The Balaban J connectivity index is 2.66. The molecule has 0 spiro atoms. The van der Waals surface area contributed by atoms with Crippen molar-refractivity contribution < 1.29 is 0 Å². The van der Waals surface area contributed by atoms with Gasteiger partial charge in [-0.25, -0.2) is 0 Å². The van der Waals surface area contributed by atoms with Gasteiger partial charge in [0.25, 0.3) is 0 Å². The zero-order valence-corrected chi connectivity index (χ0v) is 13.4. The fourth-order valence-electron chi connectivity index (χ4n) is 3.13. The van der Waals surface area contributed by atoms with Crippen molar-refractivity contribution in [1.82, 2.24) is 10.2 Å². The minimum absolute atomic E-state index is 0.694. The van der Waals surface area contributed by atoms with Crippen LogP contribution in [0.2, 0.25) is 0 Å². The highest BCUT2D eigenvalue weighted by Crippen LogP contribution is 2.23. The zero-order chi connectivity index (χ0) is 13.7. The third kappa shape index (κ3) is 4.24. The highest BCUT2D eigenvalue weighted by Gasteiger charge is 2.32. The Kier molecular flexibility index (Phi) is 6.65. The van der Waals surface area contributed by atoms with Gasteiger partial charge in [-0.05, 0) is 31.6 Å². The molecule has 1 fully saturated rings. The second kappa shape index (κ2) is 7.49. The number of hydrogen-bond donors (Lipinski definition) is 1. The first-order valence-electron chi connectivity index (χ1n) is 7.98. The summed E-state index contributed by atoms with van der Waals surface area (Å²) in [5.74, 6) is 1.59. The van der Waals surface area contributed by atoms with E-state index in [0.717, 1.165) is 23.9 Å². The molecule has 0 saturated carbocycles. The van der Waals surface area contributed by atoms with Gasteiger partial charge < -0.3 is 5.32 Å². The van der Waals surface area contributed by atoms with Gasteiger partial charge in [0.1, 0.15) is 0 Å². The van der Waals surface area contributed by atoms with Crippen LogP contribution in [0, 0.1) is 11.8 Å². The highest BCUT2D eigenvalue weighted by atomic mass is 15.3. The van der Waals surface area contributed by atoms with Crippen LogP contribution in [-0.4, -0.2) is 36.1 Å². The van der Waals surface area contributed by atoms with Gasteiger partial charge in [-0.2, -0.15) is 0 Å². The lowest BCUT2D eigenvalue weighted by Crippen LogP contribution is -2.60. The minimum atomic E-state index is 0.694. The molecule has 108 valence electrons. The van der Waals surface area contributed by atoms with Crippen LogP contribution in [0.5, 0.6) is 0 Å². The van der Waals surface area contributed by atoms with Crippen molar-refractivity contribution in [3.63, 3.8) is 0 Å². The van der Waals surface area contributed by atoms with Gasteiger partial charge >= 0.3 is 0 Å². The first-order chi connectivity index (χ1) is 8.49. The molecule has 0 bridgehead atoms. The van der Waals surface area contributed by atoms with Crippen LogP contribution in [0.15, 0.2) is 0 Å². The lowest BCUT2D eigenvalue weighted by atomic mass is 9.91. The molecular weight excluding hydrogens is 220 g/mol. The molecule has 0 aromatic rings. The average molecular weight is 254 g/mol. The molecule has 0 aromatic heterocycles. The van der Waals surface area contributed by atoms with Crippen molar-refractivity contribution in [1.29, 1.82) is 0 Å². The second-order valence-corrected chi connectivity index (χ2v) is 6.64. The Morgan fingerprint density at radius 3 is 2.28 bits per heavy atom. The molecule has 1 saturated heterocycles. The normalized spacial score (nSPS) is 29.5. The topological polar surface area (TPSA) is 15.3 Å². The molecular formula is C16H34N2. The van der Waals surface area contributed by atoms with Crippen molar-refractivity contribution in [2.45, 2.75) is 78.9 Å². The number of piperazine rings is 1. The van der Waals surface area contributed by atoms with Crippen molar-refractivity contribution in [3.05, 3.63) is 0 Å². The summed E-state index contributed by atoms with van der Waals surface area (Å²) in [5, 5.41) is 3.78. The van der Waals surface area contributed by atoms with Crippen LogP contribution in [-0.2, 0) is 0 Å². The van der Waals surface area contributed by atoms with Crippen LogP contribution in [0.4, 0.5) is 0 Å². The fourth-order valence-corrected chi connectivity index (χ4v) is 3.13. The molecule has 1 aliphatic heterocycles. The molecule has 0 amide bonds. The summed E-state index contributed by atoms with van der Waals surface area (Å²) in [6.45, 7) is 16.5. The van der Waals surface area contributed by atoms with E-state index in [9.17, 15) is 0 Å². The standard InChI is InChI=1S/C16H34N2/c1-7-13(5)16-10-17-15(9-12(3)4)11-18(16)14(6)8-2/h12-17H,7-11H2,1-6H3. The maximum atomic E-state index is 3.78. The molecule has 4 unspecified atom stereocenters. The van der Waals surface area contributed by atoms with Gasteiger partial charge in [0.05, 0.1) is 0 Å². The third-order valence-electron chi connectivity index (χ3n) is 4.69. The predicted octanol–water partition coefficient (Wildman–Crippen LogP) is 3.52. The van der Waals surface area contributed by atoms with E-state index in [1.165, 1.54) is 32.4 Å². The molecule has 18 heavy (non-hydrogen) atoms. The van der Waals surface area contributed by atoms with Gasteiger partial charge in [-0.3, -0.25) is 4.90 Å². The Morgan fingerprint density at radius 2 is 1.78 bits per heavy atom. The van der Waals surface area contributed by atoms with Gasteiger partial charge in [0, 0.05) is 31.2 Å². The van der Waals surface area contributed by atoms with Crippen molar-refractivity contribution in [2.24, 2.45) is 11.8 Å². The number of nitrogens with zero attached hydrogens (tertiary/aromatic N) is 1. The predicted molar refractivity (Wildman–Crippen MR) is 80.9 cm³/mol. The van der Waals surface area contributed by atoms with E-state index in [-0.39, 0.29) is 0 Å². The van der Waals surface area contributed by atoms with E-state index in [4.69, 9.17) is 0 Å². The van der Waals surface area contributed by atoms with E-state index in [1.807, 2.05) is 0 Å². The molecule has 1 heterocycles. The molecule has 0 radical (unpaired) electrons. The lowest BCUT2D eigenvalue weighted by Gasteiger charge is -2.46. The summed E-state index contributed by atoms with van der Waals surface area (Å²) in [4.78, 5) is 2.78. The summed E-state index contributed by atoms with van der Waals surface area (Å²) in [7, 11) is 0. The van der Waals surface area contributed by atoms with Gasteiger partial charge in [0.2, 0.25) is 0 Å². The van der Waals surface area contributed by atoms with Crippen molar-refractivity contribution in [3.8, 4) is 0 Å². The maximum absolute atomic E-state index is 3.78. The highest BCUT2D eigenvalue weighted by molar-refractivity contribution is 4.90. The van der Waals surface area contributed by atoms with E-state index >= 15 is 0 Å². The summed E-state index contributed by atoms with van der Waals surface area (Å²) in [6, 6.07) is 2.15. The van der Waals surface area contributed by atoms with Crippen molar-refractivity contribution in [2.75, 3.05) is 13.1 Å². The van der Waals surface area contributed by atoms with E-state index in [0.29, 0.717) is 6.04 Å². The van der Waals surface area contributed by atoms with Crippen molar-refractivity contribution >= 4 is 0 Å². The Morgan fingerprint density at radius 1 is 1.11 bits per heavy atom. The van der Waals surface area contributed by atoms with Crippen LogP contribution >= 0.6 is 0 Å². The summed E-state index contributed by atoms with van der Waals surface area (Å²) in [6.07, 6.45) is 3.86. The minimum Gasteiger partial charge on any atom is -0.311 e. The maximum Gasteiger partial charge on any atom is 0.0249 e. The van der Waals surface area contributed by atoms with E-state index in [2.05, 4.69) is 51.8 Å². The monoisotopic (exact) mass is 254 g/mol. The largest absolute Gasteiger partial charge is 0.311 e. The molecule has 1 aliphatic rings. The summed E-state index contributed by atoms with van der Waals surface area (Å²) >= 11 is 0.